The van der Waals surface area contributed by atoms with Gasteiger partial charge in [0.25, 0.3) is 5.91 Å². The Morgan fingerprint density at radius 2 is 1.70 bits per heavy atom. The molecule has 2 aromatic carbocycles. The van der Waals surface area contributed by atoms with Gasteiger partial charge in [-0.1, -0.05) is 19.4 Å². The first-order valence-corrected chi connectivity index (χ1v) is 9.11. The lowest BCUT2D eigenvalue weighted by Crippen LogP contribution is -2.34. The number of hydrogen-bond donors (Lipinski definition) is 3. The zero-order valence-electron chi connectivity index (χ0n) is 15.4. The highest BCUT2D eigenvalue weighted by Crippen LogP contribution is 2.15. The fourth-order valence-electron chi connectivity index (χ4n) is 2.24. The summed E-state index contributed by atoms with van der Waals surface area (Å²) in [6.45, 7) is 4.16. The summed E-state index contributed by atoms with van der Waals surface area (Å²) >= 11 is 5.19. The van der Waals surface area contributed by atoms with Crippen LogP contribution in [0.3, 0.4) is 0 Å². The van der Waals surface area contributed by atoms with Crippen LogP contribution in [0.25, 0.3) is 0 Å². The van der Waals surface area contributed by atoms with Crippen LogP contribution < -0.4 is 20.7 Å². The van der Waals surface area contributed by atoms with E-state index in [1.165, 1.54) is 6.92 Å². The third-order valence-electron chi connectivity index (χ3n) is 3.55. The summed E-state index contributed by atoms with van der Waals surface area (Å²) in [7, 11) is 0. The van der Waals surface area contributed by atoms with Crippen molar-refractivity contribution in [2.24, 2.45) is 0 Å². The summed E-state index contributed by atoms with van der Waals surface area (Å²) < 4.78 is 5.62. The van der Waals surface area contributed by atoms with Gasteiger partial charge in [0.1, 0.15) is 5.75 Å². The predicted molar refractivity (Wildman–Crippen MR) is 111 cm³/mol. The molecule has 0 bridgehead atoms. The van der Waals surface area contributed by atoms with E-state index >= 15 is 0 Å². The number of thiocarbonyl (C=S) groups is 1. The maximum Gasteiger partial charge on any atom is 0.257 e. The van der Waals surface area contributed by atoms with Gasteiger partial charge in [-0.2, -0.15) is 0 Å². The lowest BCUT2D eigenvalue weighted by atomic mass is 10.2. The molecule has 27 heavy (non-hydrogen) atoms. The van der Waals surface area contributed by atoms with E-state index < -0.39 is 0 Å². The Hall–Kier alpha value is -2.93. The first-order valence-electron chi connectivity index (χ1n) is 8.71. The normalized spacial score (nSPS) is 10.0. The molecule has 0 aliphatic carbocycles. The number of carbonyl (C=O) groups is 2. The van der Waals surface area contributed by atoms with Crippen LogP contribution in [0.5, 0.6) is 5.75 Å². The van der Waals surface area contributed by atoms with Gasteiger partial charge in [0.15, 0.2) is 5.11 Å². The number of nitrogens with one attached hydrogen (secondary N) is 3. The molecule has 2 rings (SSSR count). The van der Waals surface area contributed by atoms with Crippen molar-refractivity contribution in [1.82, 2.24) is 5.32 Å². The number of amides is 2. The Kier molecular flexibility index (Phi) is 7.76. The zero-order chi connectivity index (χ0) is 19.6. The molecule has 0 aromatic heterocycles. The van der Waals surface area contributed by atoms with Crippen LogP contribution in [0.1, 0.15) is 37.0 Å². The number of rotatable bonds is 7. The monoisotopic (exact) mass is 385 g/mol. The lowest BCUT2D eigenvalue weighted by Gasteiger charge is -2.11. The number of anilines is 2. The molecule has 0 saturated heterocycles. The van der Waals surface area contributed by atoms with Gasteiger partial charge in [0, 0.05) is 23.9 Å². The second kappa shape index (κ2) is 10.3. The average molecular weight is 385 g/mol. The average Bonchev–Trinajstić information content (AvgIpc) is 2.63. The molecule has 0 fully saturated rings. The molecule has 0 aliphatic rings. The first kappa shape index (κ1) is 20.4. The minimum atomic E-state index is -0.316. The fourth-order valence-corrected chi connectivity index (χ4v) is 2.45. The van der Waals surface area contributed by atoms with Crippen LogP contribution in [0.4, 0.5) is 11.4 Å². The van der Waals surface area contributed by atoms with Crippen LogP contribution in [-0.2, 0) is 4.79 Å². The molecule has 142 valence electrons. The Bertz CT molecular complexity index is 806. The van der Waals surface area contributed by atoms with Gasteiger partial charge in [-0.05, 0) is 61.1 Å². The zero-order valence-corrected chi connectivity index (χ0v) is 16.2. The van der Waals surface area contributed by atoms with E-state index in [0.717, 1.165) is 12.8 Å². The van der Waals surface area contributed by atoms with Gasteiger partial charge in [0.2, 0.25) is 5.91 Å². The maximum absolute atomic E-state index is 12.4. The van der Waals surface area contributed by atoms with Crippen molar-refractivity contribution >= 4 is 40.5 Å². The molecule has 0 heterocycles. The summed E-state index contributed by atoms with van der Waals surface area (Å²) in [6.07, 6.45) is 2.01. The summed E-state index contributed by atoms with van der Waals surface area (Å²) in [4.78, 5) is 23.4. The number of benzene rings is 2. The SMILES string of the molecule is CCCCOc1cccc(C(=O)NC(=S)Nc2ccc(NC(C)=O)cc2)c1. The highest BCUT2D eigenvalue weighted by molar-refractivity contribution is 7.80. The van der Waals surface area contributed by atoms with E-state index in [2.05, 4.69) is 22.9 Å². The topological polar surface area (TPSA) is 79.5 Å². The Morgan fingerprint density at radius 1 is 1.04 bits per heavy atom. The number of ether oxygens (including phenoxy) is 1. The van der Waals surface area contributed by atoms with E-state index in [1.807, 2.05) is 6.07 Å². The molecule has 7 heteroatoms. The number of unbranched alkanes of at least 4 members (excludes halogenated alkanes) is 1. The van der Waals surface area contributed by atoms with Crippen molar-refractivity contribution in [2.75, 3.05) is 17.2 Å². The summed E-state index contributed by atoms with van der Waals surface area (Å²) in [5, 5.41) is 8.44. The van der Waals surface area contributed by atoms with Crippen molar-refractivity contribution in [3.8, 4) is 5.75 Å². The van der Waals surface area contributed by atoms with E-state index in [0.29, 0.717) is 29.3 Å². The molecule has 0 saturated carbocycles. The molecule has 3 N–H and O–H groups in total. The van der Waals surface area contributed by atoms with Gasteiger partial charge in [-0.3, -0.25) is 14.9 Å². The van der Waals surface area contributed by atoms with Gasteiger partial charge < -0.3 is 15.4 Å². The molecule has 0 aliphatic heterocycles. The second-order valence-corrected chi connectivity index (χ2v) is 6.30. The third kappa shape index (κ3) is 7.07. The van der Waals surface area contributed by atoms with Crippen LogP contribution in [0.15, 0.2) is 48.5 Å². The summed E-state index contributed by atoms with van der Waals surface area (Å²) in [5.41, 5.74) is 1.85. The van der Waals surface area contributed by atoms with Crippen molar-refractivity contribution in [3.05, 3.63) is 54.1 Å². The number of hydrogen-bond acceptors (Lipinski definition) is 4. The maximum atomic E-state index is 12.4. The van der Waals surface area contributed by atoms with Gasteiger partial charge in [0.05, 0.1) is 6.61 Å². The molecule has 0 spiro atoms. The second-order valence-electron chi connectivity index (χ2n) is 5.90. The fraction of sp³-hybridized carbons (Fsp3) is 0.250. The van der Waals surface area contributed by atoms with Gasteiger partial charge in [-0.15, -0.1) is 0 Å². The highest BCUT2D eigenvalue weighted by Gasteiger charge is 2.09. The molecule has 2 aromatic rings. The van der Waals surface area contributed by atoms with E-state index in [-0.39, 0.29) is 16.9 Å². The van der Waals surface area contributed by atoms with E-state index in [4.69, 9.17) is 17.0 Å². The standard InChI is InChI=1S/C20H23N3O3S/c1-3-4-12-26-18-7-5-6-15(13-18)19(25)23-20(27)22-17-10-8-16(9-11-17)21-14(2)24/h5-11,13H,3-4,12H2,1-2H3,(H,21,24)(H2,22,23,25,27). The number of carbonyl (C=O) groups excluding carboxylic acids is 2. The van der Waals surface area contributed by atoms with Crippen LogP contribution >= 0.6 is 12.2 Å². The summed E-state index contributed by atoms with van der Waals surface area (Å²) in [5.74, 6) is 0.200. The molecular formula is C20H23N3O3S. The van der Waals surface area contributed by atoms with Crippen molar-refractivity contribution in [3.63, 3.8) is 0 Å². The van der Waals surface area contributed by atoms with Crippen LogP contribution in [-0.4, -0.2) is 23.5 Å². The van der Waals surface area contributed by atoms with Crippen molar-refractivity contribution < 1.29 is 14.3 Å². The minimum absolute atomic E-state index is 0.139. The summed E-state index contributed by atoms with van der Waals surface area (Å²) in [6, 6.07) is 14.0. The Balaban J connectivity index is 1.90. The Morgan fingerprint density at radius 3 is 2.33 bits per heavy atom. The van der Waals surface area contributed by atoms with Crippen molar-refractivity contribution in [1.29, 1.82) is 0 Å². The quantitative estimate of drug-likeness (QED) is 0.497. The van der Waals surface area contributed by atoms with E-state index in [1.54, 1.807) is 42.5 Å². The third-order valence-corrected chi connectivity index (χ3v) is 3.76. The molecule has 0 atom stereocenters. The minimum Gasteiger partial charge on any atom is -0.494 e. The highest BCUT2D eigenvalue weighted by atomic mass is 32.1. The van der Waals surface area contributed by atoms with Crippen molar-refractivity contribution in [2.45, 2.75) is 26.7 Å². The molecule has 0 unspecified atom stereocenters. The van der Waals surface area contributed by atoms with Gasteiger partial charge >= 0.3 is 0 Å². The van der Waals surface area contributed by atoms with Gasteiger partial charge in [-0.25, -0.2) is 0 Å². The predicted octanol–water partition coefficient (Wildman–Crippen LogP) is 3.95. The molecule has 6 nitrogen and oxygen atoms in total. The molecule has 0 radical (unpaired) electrons. The molecular weight excluding hydrogens is 362 g/mol. The smallest absolute Gasteiger partial charge is 0.257 e. The first-order chi connectivity index (χ1) is 13.0. The Labute approximate surface area is 164 Å². The largest absolute Gasteiger partial charge is 0.494 e. The van der Waals surface area contributed by atoms with Crippen LogP contribution in [0, 0.1) is 0 Å². The van der Waals surface area contributed by atoms with E-state index in [9.17, 15) is 9.59 Å². The molecule has 2 amide bonds. The lowest BCUT2D eigenvalue weighted by molar-refractivity contribution is -0.114. The van der Waals surface area contributed by atoms with Crippen LogP contribution in [0.2, 0.25) is 0 Å².